The number of aryl methyl sites for hydroxylation is 1. The molecule has 1 heterocycles. The molecule has 0 aliphatic carbocycles. The zero-order valence-electron chi connectivity index (χ0n) is 11.7. The highest BCUT2D eigenvalue weighted by molar-refractivity contribution is 7.09. The summed E-state index contributed by atoms with van der Waals surface area (Å²) in [6.45, 7) is 2.00. The van der Waals surface area contributed by atoms with E-state index in [9.17, 15) is 4.39 Å². The van der Waals surface area contributed by atoms with Gasteiger partial charge < -0.3 is 0 Å². The van der Waals surface area contributed by atoms with Crippen LogP contribution in [0.15, 0.2) is 53.9 Å². The third-order valence-corrected chi connectivity index (χ3v) is 3.73. The van der Waals surface area contributed by atoms with Gasteiger partial charge in [0.2, 0.25) is 0 Å². The Morgan fingerprint density at radius 1 is 1.00 bits per heavy atom. The molecule has 3 aromatic rings. The number of hydrogen-bond donors (Lipinski definition) is 0. The van der Waals surface area contributed by atoms with Crippen molar-refractivity contribution in [3.63, 3.8) is 0 Å². The van der Waals surface area contributed by atoms with Crippen LogP contribution in [0.3, 0.4) is 0 Å². The molecular weight excluding hydrogens is 301 g/mol. The second kappa shape index (κ2) is 7.41. The molecule has 0 aliphatic heterocycles. The average molecular weight is 313 g/mol. The van der Waals surface area contributed by atoms with E-state index in [4.69, 9.17) is 9.59 Å². The zero-order valence-corrected chi connectivity index (χ0v) is 12.6. The lowest BCUT2D eigenvalue weighted by molar-refractivity contribution is -0.191. The van der Waals surface area contributed by atoms with Gasteiger partial charge in [0.05, 0.1) is 10.7 Å². The fraction of sp³-hybridized carbons (Fsp3) is 0.0588. The highest BCUT2D eigenvalue weighted by Gasteiger charge is 2.04. The van der Waals surface area contributed by atoms with Crippen LogP contribution >= 0.6 is 11.3 Å². The molecule has 3 nitrogen and oxygen atoms in total. The molecule has 2 aromatic carbocycles. The van der Waals surface area contributed by atoms with E-state index in [0.717, 1.165) is 27.4 Å². The Hall–Kier alpha value is -2.62. The van der Waals surface area contributed by atoms with Crippen LogP contribution in [0.2, 0.25) is 0 Å². The van der Waals surface area contributed by atoms with E-state index < -0.39 is 0 Å². The maximum Gasteiger partial charge on any atom is 0.373 e. The highest BCUT2D eigenvalue weighted by atomic mass is 32.1. The molecule has 0 spiro atoms. The van der Waals surface area contributed by atoms with Crippen molar-refractivity contribution in [2.75, 3.05) is 0 Å². The third-order valence-electron chi connectivity index (χ3n) is 2.95. The number of aromatic nitrogens is 1. The van der Waals surface area contributed by atoms with E-state index in [2.05, 4.69) is 16.4 Å². The maximum absolute atomic E-state index is 12.9. The van der Waals surface area contributed by atoms with Crippen molar-refractivity contribution in [1.82, 2.24) is 4.98 Å². The van der Waals surface area contributed by atoms with Crippen molar-refractivity contribution in [2.24, 2.45) is 0 Å². The summed E-state index contributed by atoms with van der Waals surface area (Å²) < 4.78 is 12.9. The second-order valence-electron chi connectivity index (χ2n) is 4.42. The highest BCUT2D eigenvalue weighted by Crippen LogP contribution is 2.27. The van der Waals surface area contributed by atoms with Crippen LogP contribution in [0.5, 0.6) is 0 Å². The molecule has 3 rings (SSSR count). The van der Waals surface area contributed by atoms with Crippen LogP contribution in [0.25, 0.3) is 22.4 Å². The molecule has 0 radical (unpaired) electrons. The van der Waals surface area contributed by atoms with Gasteiger partial charge in [-0.05, 0) is 36.2 Å². The summed E-state index contributed by atoms with van der Waals surface area (Å²) in [6, 6.07) is 14.7. The molecule has 0 saturated heterocycles. The van der Waals surface area contributed by atoms with Crippen molar-refractivity contribution in [3.05, 3.63) is 64.7 Å². The minimum Gasteiger partial charge on any atom is -0.242 e. The first-order valence-corrected chi connectivity index (χ1v) is 7.30. The van der Waals surface area contributed by atoms with Crippen molar-refractivity contribution in [3.8, 4) is 22.4 Å². The van der Waals surface area contributed by atoms with Gasteiger partial charge in [0, 0.05) is 10.9 Å². The summed E-state index contributed by atoms with van der Waals surface area (Å²) in [7, 11) is 0. The first kappa shape index (κ1) is 15.8. The third kappa shape index (κ3) is 3.95. The fourth-order valence-corrected chi connectivity index (χ4v) is 2.62. The van der Waals surface area contributed by atoms with Crippen molar-refractivity contribution < 1.29 is 14.0 Å². The predicted molar refractivity (Wildman–Crippen MR) is 82.7 cm³/mol. The smallest absolute Gasteiger partial charge is 0.242 e. The molecule has 0 atom stereocenters. The van der Waals surface area contributed by atoms with Gasteiger partial charge in [-0.3, -0.25) is 0 Å². The Bertz CT molecular complexity index is 790. The topological polar surface area (TPSA) is 47.0 Å². The Morgan fingerprint density at radius 3 is 2.23 bits per heavy atom. The predicted octanol–water partition coefficient (Wildman–Crippen LogP) is 4.34. The summed E-state index contributed by atoms with van der Waals surface area (Å²) in [6.07, 6.45) is 0.250. The molecule has 5 heteroatoms. The van der Waals surface area contributed by atoms with Crippen LogP contribution < -0.4 is 0 Å². The number of thiazole rings is 1. The molecular formula is C17H12FNO2S. The molecule has 22 heavy (non-hydrogen) atoms. The molecule has 0 aliphatic rings. The van der Waals surface area contributed by atoms with E-state index in [1.54, 1.807) is 23.5 Å². The van der Waals surface area contributed by atoms with Gasteiger partial charge in [0.1, 0.15) is 5.82 Å². The largest absolute Gasteiger partial charge is 0.373 e. The maximum atomic E-state index is 12.9. The normalized spacial score (nSPS) is 9.55. The average Bonchev–Trinajstić information content (AvgIpc) is 2.96. The number of rotatable bonds is 2. The standard InChI is InChI=1S/C16H12FNS.CO2/c1-11-18-16(10-19-11)14-4-2-3-13(9-14)12-5-7-15(17)8-6-12;2-1-3/h2-10H,1H3;. The number of carbonyl (C=O) groups excluding carboxylic acids is 2. The van der Waals surface area contributed by atoms with Gasteiger partial charge in [-0.2, -0.15) is 9.59 Å². The molecule has 0 unspecified atom stereocenters. The second-order valence-corrected chi connectivity index (χ2v) is 5.49. The van der Waals surface area contributed by atoms with E-state index in [1.807, 2.05) is 25.1 Å². The van der Waals surface area contributed by atoms with Gasteiger partial charge in [0.15, 0.2) is 0 Å². The van der Waals surface area contributed by atoms with Gasteiger partial charge in [0.25, 0.3) is 0 Å². The summed E-state index contributed by atoms with van der Waals surface area (Å²) in [4.78, 5) is 20.7. The minimum absolute atomic E-state index is 0.213. The van der Waals surface area contributed by atoms with Crippen LogP contribution in [0.1, 0.15) is 5.01 Å². The number of halogens is 1. The molecule has 110 valence electrons. The fourth-order valence-electron chi connectivity index (χ4n) is 2.00. The molecule has 0 amide bonds. The van der Waals surface area contributed by atoms with E-state index in [0.29, 0.717) is 0 Å². The van der Waals surface area contributed by atoms with Crippen molar-refractivity contribution >= 4 is 17.5 Å². The Balaban J connectivity index is 0.000000545. The van der Waals surface area contributed by atoms with Crippen molar-refractivity contribution in [1.29, 1.82) is 0 Å². The minimum atomic E-state index is -0.213. The summed E-state index contributed by atoms with van der Waals surface area (Å²) in [5.41, 5.74) is 4.16. The molecule has 0 N–H and O–H groups in total. The number of benzene rings is 2. The summed E-state index contributed by atoms with van der Waals surface area (Å²) >= 11 is 1.64. The molecule has 0 bridgehead atoms. The molecule has 0 saturated carbocycles. The van der Waals surface area contributed by atoms with Crippen LogP contribution in [0, 0.1) is 12.7 Å². The molecule has 1 aromatic heterocycles. The lowest BCUT2D eigenvalue weighted by Gasteiger charge is -2.04. The monoisotopic (exact) mass is 313 g/mol. The Kier molecular flexibility index (Phi) is 5.31. The van der Waals surface area contributed by atoms with Crippen LogP contribution in [-0.2, 0) is 9.59 Å². The first-order valence-electron chi connectivity index (χ1n) is 6.42. The van der Waals surface area contributed by atoms with Crippen LogP contribution in [0.4, 0.5) is 4.39 Å². The Morgan fingerprint density at radius 2 is 1.64 bits per heavy atom. The molecule has 0 fully saturated rings. The van der Waals surface area contributed by atoms with Gasteiger partial charge >= 0.3 is 6.15 Å². The van der Waals surface area contributed by atoms with E-state index in [-0.39, 0.29) is 12.0 Å². The number of nitrogens with zero attached hydrogens (tertiary/aromatic N) is 1. The van der Waals surface area contributed by atoms with Crippen molar-refractivity contribution in [2.45, 2.75) is 6.92 Å². The zero-order chi connectivity index (χ0) is 15.9. The SMILES string of the molecule is Cc1nc(-c2cccc(-c3ccc(F)cc3)c2)cs1.O=C=O. The lowest BCUT2D eigenvalue weighted by Crippen LogP contribution is -1.82. The summed E-state index contributed by atoms with van der Waals surface area (Å²) in [5.74, 6) is -0.213. The van der Waals surface area contributed by atoms with E-state index >= 15 is 0 Å². The van der Waals surface area contributed by atoms with Gasteiger partial charge in [-0.25, -0.2) is 9.37 Å². The van der Waals surface area contributed by atoms with Gasteiger partial charge in [-0.1, -0.05) is 30.3 Å². The van der Waals surface area contributed by atoms with Crippen LogP contribution in [-0.4, -0.2) is 11.1 Å². The quantitative estimate of drug-likeness (QED) is 0.707. The lowest BCUT2D eigenvalue weighted by atomic mass is 10.0. The Labute approximate surface area is 131 Å². The van der Waals surface area contributed by atoms with Gasteiger partial charge in [-0.15, -0.1) is 11.3 Å². The summed E-state index contributed by atoms with van der Waals surface area (Å²) in [5, 5.41) is 3.11. The first-order chi connectivity index (χ1) is 10.6. The number of hydrogen-bond acceptors (Lipinski definition) is 4. The van der Waals surface area contributed by atoms with E-state index in [1.165, 1.54) is 12.1 Å².